The number of rotatable bonds is 19. The molecule has 2 rings (SSSR count). The van der Waals surface area contributed by atoms with Crippen molar-refractivity contribution in [3.63, 3.8) is 0 Å². The summed E-state index contributed by atoms with van der Waals surface area (Å²) in [7, 11) is 0. The Hall–Kier alpha value is -1.20. The van der Waals surface area contributed by atoms with Gasteiger partial charge in [0.15, 0.2) is 5.79 Å². The Morgan fingerprint density at radius 3 is 2.33 bits per heavy atom. The van der Waals surface area contributed by atoms with Crippen molar-refractivity contribution in [1.82, 2.24) is 0 Å². The summed E-state index contributed by atoms with van der Waals surface area (Å²) in [6, 6.07) is 10.3. The summed E-state index contributed by atoms with van der Waals surface area (Å²) in [4.78, 5) is 0. The quantitative estimate of drug-likeness (QED) is 0.157. The van der Waals surface area contributed by atoms with Crippen molar-refractivity contribution in [3.8, 4) is 0 Å². The maximum Gasteiger partial charge on any atom is 0.163 e. The minimum atomic E-state index is -0.505. The van der Waals surface area contributed by atoms with Gasteiger partial charge in [0.05, 0.1) is 32.5 Å². The van der Waals surface area contributed by atoms with E-state index in [2.05, 4.69) is 43.3 Å². The highest BCUT2D eigenvalue weighted by molar-refractivity contribution is 5.13. The highest BCUT2D eigenvalue weighted by Gasteiger charge is 2.32. The number of unbranched alkanes of at least 4 members (excludes halogenated alkanes) is 9. The third-order valence-corrected chi connectivity index (χ3v) is 6.04. The van der Waals surface area contributed by atoms with Crippen LogP contribution in [0.2, 0.25) is 0 Å². The lowest BCUT2D eigenvalue weighted by molar-refractivity contribution is -0.147. The van der Waals surface area contributed by atoms with Crippen molar-refractivity contribution in [2.45, 2.75) is 116 Å². The minimum Gasteiger partial charge on any atom is -0.376 e. The molecule has 1 heterocycles. The summed E-state index contributed by atoms with van der Waals surface area (Å²) in [5.41, 5.74) is 1.19. The van der Waals surface area contributed by atoms with Crippen molar-refractivity contribution in [1.29, 1.82) is 0 Å². The fourth-order valence-electron chi connectivity index (χ4n) is 4.09. The van der Waals surface area contributed by atoms with E-state index in [1.807, 2.05) is 19.9 Å². The predicted molar refractivity (Wildman–Crippen MR) is 136 cm³/mol. The van der Waals surface area contributed by atoms with E-state index in [0.29, 0.717) is 26.4 Å². The Bertz CT molecular complexity index is 613. The van der Waals surface area contributed by atoms with Gasteiger partial charge in [-0.15, -0.1) is 0 Å². The van der Waals surface area contributed by atoms with Crippen LogP contribution in [0.4, 0.5) is 0 Å². The maximum atomic E-state index is 6.19. The molecule has 0 radical (unpaired) electrons. The molecule has 1 aromatic carbocycles. The topological polar surface area (TPSA) is 36.9 Å². The SMILES string of the molecule is CCCCCCCCCCC/C=C/CC(COCC1COC(C)(C)O1)OCc1ccccc1. The van der Waals surface area contributed by atoms with Gasteiger partial charge in [0.2, 0.25) is 0 Å². The van der Waals surface area contributed by atoms with Gasteiger partial charge < -0.3 is 18.9 Å². The largest absolute Gasteiger partial charge is 0.376 e. The molecule has 1 fully saturated rings. The first-order valence-corrected chi connectivity index (χ1v) is 13.3. The zero-order valence-corrected chi connectivity index (χ0v) is 21.4. The van der Waals surface area contributed by atoms with Gasteiger partial charge in [-0.3, -0.25) is 0 Å². The fourth-order valence-corrected chi connectivity index (χ4v) is 4.09. The molecule has 2 atom stereocenters. The summed E-state index contributed by atoms with van der Waals surface area (Å²) in [5, 5.41) is 0. The lowest BCUT2D eigenvalue weighted by Gasteiger charge is -2.19. The molecule has 1 aromatic rings. The second kappa shape index (κ2) is 17.3. The zero-order chi connectivity index (χ0) is 23.6. The molecule has 1 aliphatic heterocycles. The molecule has 0 aromatic heterocycles. The standard InChI is InChI=1S/C29H48O4/c1-4-5-6-7-8-9-10-11-12-13-14-18-21-27(31-22-26-19-16-15-17-20-26)23-30-24-28-25-32-29(2,3)33-28/h14-20,27-28H,4-13,21-25H2,1-3H3/b18-14+. The van der Waals surface area contributed by atoms with Crippen LogP contribution >= 0.6 is 0 Å². The molecule has 0 aliphatic carbocycles. The molecule has 1 saturated heterocycles. The smallest absolute Gasteiger partial charge is 0.163 e. The van der Waals surface area contributed by atoms with Crippen LogP contribution in [0.25, 0.3) is 0 Å². The number of hydrogen-bond donors (Lipinski definition) is 0. The van der Waals surface area contributed by atoms with Crippen LogP contribution in [-0.4, -0.2) is 37.8 Å². The van der Waals surface area contributed by atoms with Gasteiger partial charge in [0.1, 0.15) is 6.10 Å². The number of hydrogen-bond acceptors (Lipinski definition) is 4. The van der Waals surface area contributed by atoms with Crippen molar-refractivity contribution in [3.05, 3.63) is 48.0 Å². The number of ether oxygens (including phenoxy) is 4. The van der Waals surface area contributed by atoms with Crippen LogP contribution in [0.15, 0.2) is 42.5 Å². The lowest BCUT2D eigenvalue weighted by Crippen LogP contribution is -2.26. The molecular weight excluding hydrogens is 412 g/mol. The summed E-state index contributed by atoms with van der Waals surface area (Å²) >= 11 is 0. The molecule has 0 amide bonds. The van der Waals surface area contributed by atoms with Crippen molar-refractivity contribution < 1.29 is 18.9 Å². The molecule has 2 unspecified atom stereocenters. The Morgan fingerprint density at radius 1 is 0.970 bits per heavy atom. The third kappa shape index (κ3) is 13.9. The van der Waals surface area contributed by atoms with Crippen LogP contribution in [-0.2, 0) is 25.6 Å². The Morgan fingerprint density at radius 2 is 1.67 bits per heavy atom. The van der Waals surface area contributed by atoms with E-state index in [4.69, 9.17) is 18.9 Å². The molecule has 0 saturated carbocycles. The first-order valence-electron chi connectivity index (χ1n) is 13.3. The summed E-state index contributed by atoms with van der Waals surface area (Å²) in [6.07, 6.45) is 19.0. The zero-order valence-electron chi connectivity index (χ0n) is 21.4. The summed E-state index contributed by atoms with van der Waals surface area (Å²) in [6.45, 7) is 8.46. The van der Waals surface area contributed by atoms with Gasteiger partial charge in [-0.1, -0.05) is 101 Å². The van der Waals surface area contributed by atoms with E-state index in [9.17, 15) is 0 Å². The van der Waals surface area contributed by atoms with Gasteiger partial charge in [-0.05, 0) is 38.7 Å². The average Bonchev–Trinajstić information content (AvgIpc) is 3.16. The van der Waals surface area contributed by atoms with Crippen molar-refractivity contribution in [2.24, 2.45) is 0 Å². The van der Waals surface area contributed by atoms with E-state index in [0.717, 1.165) is 12.8 Å². The molecule has 33 heavy (non-hydrogen) atoms. The highest BCUT2D eigenvalue weighted by atomic mass is 16.7. The Labute approximate surface area is 203 Å². The number of benzene rings is 1. The average molecular weight is 461 g/mol. The van der Waals surface area contributed by atoms with Gasteiger partial charge >= 0.3 is 0 Å². The van der Waals surface area contributed by atoms with Crippen molar-refractivity contribution >= 4 is 0 Å². The van der Waals surface area contributed by atoms with Crippen LogP contribution in [0.1, 0.15) is 97.0 Å². The molecule has 0 spiro atoms. The van der Waals surface area contributed by atoms with Gasteiger partial charge in [0, 0.05) is 0 Å². The lowest BCUT2D eigenvalue weighted by atomic mass is 10.1. The fraction of sp³-hybridized carbons (Fsp3) is 0.724. The Kier molecular flexibility index (Phi) is 14.7. The first-order chi connectivity index (χ1) is 16.1. The third-order valence-electron chi connectivity index (χ3n) is 6.04. The molecule has 0 N–H and O–H groups in total. The van der Waals surface area contributed by atoms with Crippen LogP contribution < -0.4 is 0 Å². The van der Waals surface area contributed by atoms with E-state index in [-0.39, 0.29) is 12.2 Å². The molecule has 1 aliphatic rings. The predicted octanol–water partition coefficient (Wildman–Crippen LogP) is 7.61. The molecule has 188 valence electrons. The molecule has 4 nitrogen and oxygen atoms in total. The number of allylic oxidation sites excluding steroid dienone is 1. The summed E-state index contributed by atoms with van der Waals surface area (Å²) < 4.78 is 23.6. The second-order valence-electron chi connectivity index (χ2n) is 9.73. The van der Waals surface area contributed by atoms with Crippen LogP contribution in [0.3, 0.4) is 0 Å². The first kappa shape index (κ1) is 28.0. The molecular formula is C29H48O4. The van der Waals surface area contributed by atoms with Gasteiger partial charge in [0.25, 0.3) is 0 Å². The Balaban J connectivity index is 1.61. The molecule has 4 heteroatoms. The highest BCUT2D eigenvalue weighted by Crippen LogP contribution is 2.22. The summed E-state index contributed by atoms with van der Waals surface area (Å²) in [5.74, 6) is -0.505. The van der Waals surface area contributed by atoms with E-state index in [1.165, 1.54) is 63.4 Å². The van der Waals surface area contributed by atoms with E-state index >= 15 is 0 Å². The maximum absolute atomic E-state index is 6.19. The second-order valence-corrected chi connectivity index (χ2v) is 9.73. The van der Waals surface area contributed by atoms with E-state index < -0.39 is 5.79 Å². The normalized spacial score (nSPS) is 18.8. The van der Waals surface area contributed by atoms with E-state index in [1.54, 1.807) is 0 Å². The monoisotopic (exact) mass is 460 g/mol. The van der Waals surface area contributed by atoms with Crippen LogP contribution in [0.5, 0.6) is 0 Å². The van der Waals surface area contributed by atoms with Gasteiger partial charge in [-0.2, -0.15) is 0 Å². The van der Waals surface area contributed by atoms with Gasteiger partial charge in [-0.25, -0.2) is 0 Å². The van der Waals surface area contributed by atoms with Crippen LogP contribution in [0, 0.1) is 0 Å². The minimum absolute atomic E-state index is 0.00281. The molecule has 0 bridgehead atoms. The van der Waals surface area contributed by atoms with Crippen molar-refractivity contribution in [2.75, 3.05) is 19.8 Å².